The maximum Gasteiger partial charge on any atom is 0.256 e. The van der Waals surface area contributed by atoms with Crippen LogP contribution in [0.1, 0.15) is 53.1 Å². The Bertz CT molecular complexity index is 997. The molecule has 2 aliphatic heterocycles. The number of halogens is 1. The molecular formula is C24H27FN4O2. The van der Waals surface area contributed by atoms with E-state index in [1.54, 1.807) is 11.0 Å². The Morgan fingerprint density at radius 2 is 1.84 bits per heavy atom. The van der Waals surface area contributed by atoms with Crippen LogP contribution in [-0.2, 0) is 4.79 Å². The highest BCUT2D eigenvalue weighted by Crippen LogP contribution is 2.40. The van der Waals surface area contributed by atoms with Crippen LogP contribution in [0, 0.1) is 11.7 Å². The molecule has 2 amide bonds. The second-order valence-corrected chi connectivity index (χ2v) is 8.94. The molecule has 2 aromatic rings. The highest BCUT2D eigenvalue weighted by atomic mass is 19.1. The average molecular weight is 423 g/mol. The minimum atomic E-state index is -0.561. The number of rotatable bonds is 4. The van der Waals surface area contributed by atoms with E-state index < -0.39 is 5.82 Å². The molecule has 0 radical (unpaired) electrons. The first-order chi connectivity index (χ1) is 15.0. The molecule has 1 saturated carbocycles. The summed E-state index contributed by atoms with van der Waals surface area (Å²) in [6.45, 7) is 4.94. The van der Waals surface area contributed by atoms with Gasteiger partial charge in [-0.2, -0.15) is 0 Å². The molecule has 0 bridgehead atoms. The maximum absolute atomic E-state index is 14.8. The third-order valence-electron chi connectivity index (χ3n) is 6.74. The van der Waals surface area contributed by atoms with Crippen LogP contribution in [0.3, 0.4) is 0 Å². The fourth-order valence-corrected chi connectivity index (χ4v) is 4.68. The lowest BCUT2D eigenvalue weighted by atomic mass is 9.89. The predicted molar refractivity (Wildman–Crippen MR) is 116 cm³/mol. The summed E-state index contributed by atoms with van der Waals surface area (Å²) in [7, 11) is 0. The largest absolute Gasteiger partial charge is 0.355 e. The first-order valence-electron chi connectivity index (χ1n) is 11.1. The molecule has 3 fully saturated rings. The topological polar surface area (TPSA) is 65.5 Å². The summed E-state index contributed by atoms with van der Waals surface area (Å²) in [4.78, 5) is 33.4. The van der Waals surface area contributed by atoms with Crippen LogP contribution in [0.2, 0.25) is 0 Å². The van der Waals surface area contributed by atoms with Gasteiger partial charge in [-0.05, 0) is 54.0 Å². The van der Waals surface area contributed by atoms with E-state index in [1.807, 2.05) is 13.1 Å². The van der Waals surface area contributed by atoms with E-state index in [2.05, 4.69) is 27.3 Å². The molecule has 31 heavy (non-hydrogen) atoms. The van der Waals surface area contributed by atoms with Crippen LogP contribution in [0.4, 0.5) is 10.2 Å². The molecule has 1 aromatic carbocycles. The molecule has 7 heteroatoms. The van der Waals surface area contributed by atoms with Gasteiger partial charge in [0.05, 0.1) is 11.5 Å². The van der Waals surface area contributed by atoms with Crippen molar-refractivity contribution in [3.8, 4) is 0 Å². The minimum absolute atomic E-state index is 0.0650. The summed E-state index contributed by atoms with van der Waals surface area (Å²) in [5.41, 5.74) is 2.00. The van der Waals surface area contributed by atoms with Crippen molar-refractivity contribution in [2.75, 3.05) is 37.6 Å². The number of benzene rings is 1. The third-order valence-corrected chi connectivity index (χ3v) is 6.74. The van der Waals surface area contributed by atoms with Crippen LogP contribution in [-0.4, -0.2) is 54.4 Å². The first kappa shape index (κ1) is 20.0. The highest BCUT2D eigenvalue weighted by molar-refractivity contribution is 5.95. The van der Waals surface area contributed by atoms with Gasteiger partial charge >= 0.3 is 0 Å². The van der Waals surface area contributed by atoms with Gasteiger partial charge in [-0.3, -0.25) is 9.59 Å². The average Bonchev–Trinajstić information content (AvgIpc) is 3.58. The normalized spacial score (nSPS) is 23.7. The van der Waals surface area contributed by atoms with E-state index in [0.29, 0.717) is 44.2 Å². The predicted octanol–water partition coefficient (Wildman–Crippen LogP) is 2.91. The molecule has 2 atom stereocenters. The molecule has 162 valence electrons. The van der Waals surface area contributed by atoms with Crippen molar-refractivity contribution in [2.24, 2.45) is 5.92 Å². The van der Waals surface area contributed by atoms with Gasteiger partial charge in [-0.15, -0.1) is 0 Å². The number of piperazine rings is 1. The van der Waals surface area contributed by atoms with Gasteiger partial charge in [0.1, 0.15) is 11.6 Å². The molecule has 1 N–H and O–H groups in total. The Morgan fingerprint density at radius 1 is 1.10 bits per heavy atom. The number of pyridine rings is 1. The zero-order chi connectivity index (χ0) is 21.5. The molecule has 1 aromatic heterocycles. The van der Waals surface area contributed by atoms with E-state index in [0.717, 1.165) is 5.82 Å². The van der Waals surface area contributed by atoms with Crippen LogP contribution < -0.4 is 10.2 Å². The highest BCUT2D eigenvalue weighted by Gasteiger charge is 2.34. The fourth-order valence-electron chi connectivity index (χ4n) is 4.68. The van der Waals surface area contributed by atoms with Crippen molar-refractivity contribution >= 4 is 17.6 Å². The number of hydrogen-bond donors (Lipinski definition) is 1. The monoisotopic (exact) mass is 422 g/mol. The summed E-state index contributed by atoms with van der Waals surface area (Å²) in [5, 5.41) is 2.81. The lowest BCUT2D eigenvalue weighted by Crippen LogP contribution is -2.49. The molecule has 1 unspecified atom stereocenters. The zero-order valence-corrected chi connectivity index (χ0v) is 17.7. The Labute approximate surface area is 181 Å². The van der Waals surface area contributed by atoms with E-state index in [9.17, 15) is 14.0 Å². The van der Waals surface area contributed by atoms with Gasteiger partial charge in [0.15, 0.2) is 0 Å². The number of amides is 2. The molecular weight excluding hydrogens is 395 g/mol. The maximum atomic E-state index is 14.8. The summed E-state index contributed by atoms with van der Waals surface area (Å²) < 4.78 is 14.8. The molecule has 3 aliphatic rings. The van der Waals surface area contributed by atoms with Crippen LogP contribution in [0.25, 0.3) is 0 Å². The number of carbonyl (C=O) groups is 2. The molecule has 3 heterocycles. The van der Waals surface area contributed by atoms with Crippen molar-refractivity contribution in [1.29, 1.82) is 0 Å². The fraction of sp³-hybridized carbons (Fsp3) is 0.458. The standard InChI is InChI=1S/C24H27FN4O2/c1-15-13-27-23(30)22(15)17-4-6-19(20(25)12-17)24(31)29-10-8-28(9-11-29)21-7-5-18(14-26-21)16-2-3-16/h4-7,12,14-16,22H,2-3,8-11,13H2,1H3,(H,27,30)/t15?,22-/m1/s1. The van der Waals surface area contributed by atoms with Crippen LogP contribution >= 0.6 is 0 Å². The van der Waals surface area contributed by atoms with Crippen LogP contribution in [0.5, 0.6) is 0 Å². The van der Waals surface area contributed by atoms with Crippen molar-refractivity contribution < 1.29 is 14.0 Å². The lowest BCUT2D eigenvalue weighted by molar-refractivity contribution is -0.120. The van der Waals surface area contributed by atoms with Crippen LogP contribution in [0.15, 0.2) is 36.5 Å². The van der Waals surface area contributed by atoms with Gasteiger partial charge in [-0.25, -0.2) is 9.37 Å². The second-order valence-electron chi connectivity index (χ2n) is 8.94. The van der Waals surface area contributed by atoms with Gasteiger partial charge in [0, 0.05) is 38.9 Å². The van der Waals surface area contributed by atoms with Gasteiger partial charge in [0.2, 0.25) is 5.91 Å². The Balaban J connectivity index is 1.23. The first-order valence-corrected chi connectivity index (χ1v) is 11.1. The number of hydrogen-bond acceptors (Lipinski definition) is 4. The number of carbonyl (C=O) groups excluding carboxylic acids is 2. The molecule has 0 spiro atoms. The van der Waals surface area contributed by atoms with E-state index in [1.165, 1.54) is 30.5 Å². The van der Waals surface area contributed by atoms with E-state index in [-0.39, 0.29) is 29.2 Å². The molecule has 6 nitrogen and oxygen atoms in total. The number of nitrogens with zero attached hydrogens (tertiary/aromatic N) is 3. The molecule has 5 rings (SSSR count). The Hall–Kier alpha value is -2.96. The summed E-state index contributed by atoms with van der Waals surface area (Å²) in [5.74, 6) is 0.411. The number of nitrogens with one attached hydrogen (secondary N) is 1. The van der Waals surface area contributed by atoms with E-state index >= 15 is 0 Å². The quantitative estimate of drug-likeness (QED) is 0.823. The summed E-state index contributed by atoms with van der Waals surface area (Å²) in [6.07, 6.45) is 4.48. The summed E-state index contributed by atoms with van der Waals surface area (Å²) in [6, 6.07) is 8.80. The second kappa shape index (κ2) is 7.94. The van der Waals surface area contributed by atoms with Crippen molar-refractivity contribution in [1.82, 2.24) is 15.2 Å². The SMILES string of the molecule is CC1CNC(=O)[C@H]1c1ccc(C(=O)N2CCN(c3ccc(C4CC4)cn3)CC2)c(F)c1. The number of aromatic nitrogens is 1. The van der Waals surface area contributed by atoms with Crippen molar-refractivity contribution in [3.05, 3.63) is 59.0 Å². The number of anilines is 1. The van der Waals surface area contributed by atoms with Gasteiger partial charge in [0.25, 0.3) is 5.91 Å². The van der Waals surface area contributed by atoms with Crippen molar-refractivity contribution in [3.63, 3.8) is 0 Å². The summed E-state index contributed by atoms with van der Waals surface area (Å²) >= 11 is 0. The molecule has 1 aliphatic carbocycles. The molecule has 2 saturated heterocycles. The Morgan fingerprint density at radius 3 is 2.42 bits per heavy atom. The van der Waals surface area contributed by atoms with E-state index in [4.69, 9.17) is 0 Å². The third kappa shape index (κ3) is 3.89. The van der Waals surface area contributed by atoms with Crippen molar-refractivity contribution in [2.45, 2.75) is 31.6 Å². The minimum Gasteiger partial charge on any atom is -0.355 e. The Kier molecular flexibility index (Phi) is 5.12. The zero-order valence-electron chi connectivity index (χ0n) is 17.7. The smallest absolute Gasteiger partial charge is 0.256 e. The van der Waals surface area contributed by atoms with Gasteiger partial charge in [-0.1, -0.05) is 19.1 Å². The lowest BCUT2D eigenvalue weighted by Gasteiger charge is -2.35. The van der Waals surface area contributed by atoms with Gasteiger partial charge < -0.3 is 15.1 Å².